The van der Waals surface area contributed by atoms with Crippen molar-refractivity contribution in [3.05, 3.63) is 29.3 Å². The average molecular weight is 328 g/mol. The van der Waals surface area contributed by atoms with E-state index in [0.717, 1.165) is 45.2 Å². The van der Waals surface area contributed by atoms with Crippen LogP contribution in [0, 0.1) is 0 Å². The molecular formula is C17H26ClNO3. The molecule has 3 rings (SSSR count). The quantitative estimate of drug-likeness (QED) is 0.719. The Hall–Kier alpha value is -0.810. The van der Waals surface area contributed by atoms with E-state index in [1.807, 2.05) is 0 Å². The van der Waals surface area contributed by atoms with Crippen LogP contribution in [0.5, 0.6) is 5.75 Å². The molecule has 0 unspecified atom stereocenters. The van der Waals surface area contributed by atoms with Gasteiger partial charge in [-0.1, -0.05) is 6.07 Å². The molecule has 0 saturated carbocycles. The summed E-state index contributed by atoms with van der Waals surface area (Å²) in [5, 5.41) is 0. The molecule has 0 spiro atoms. The zero-order valence-electron chi connectivity index (χ0n) is 13.1. The Bertz CT molecular complexity index is 450. The Balaban J connectivity index is 0.00000176. The molecule has 0 bridgehead atoms. The Labute approximate surface area is 139 Å². The highest BCUT2D eigenvalue weighted by Crippen LogP contribution is 2.25. The first kappa shape index (κ1) is 17.5. The SMILES string of the molecule is Cl.c1cc2c(cc1OCCOCCN1CCOCC1)CCC2. The summed E-state index contributed by atoms with van der Waals surface area (Å²) in [6.45, 7) is 6.78. The summed E-state index contributed by atoms with van der Waals surface area (Å²) in [5.74, 6) is 0.979. The predicted octanol–water partition coefficient (Wildman–Crippen LogP) is 2.32. The number of fused-ring (bicyclic) bond motifs is 1. The second-order valence-corrected chi connectivity index (χ2v) is 5.70. The highest BCUT2D eigenvalue weighted by Gasteiger charge is 2.11. The first-order valence-electron chi connectivity index (χ1n) is 8.04. The molecule has 2 aliphatic rings. The van der Waals surface area contributed by atoms with Crippen LogP contribution in [-0.2, 0) is 22.3 Å². The fraction of sp³-hybridized carbons (Fsp3) is 0.647. The zero-order chi connectivity index (χ0) is 14.3. The summed E-state index contributed by atoms with van der Waals surface area (Å²) >= 11 is 0. The number of ether oxygens (including phenoxy) is 3. The molecule has 124 valence electrons. The molecule has 1 fully saturated rings. The van der Waals surface area contributed by atoms with Gasteiger partial charge in [0, 0.05) is 19.6 Å². The fourth-order valence-corrected chi connectivity index (χ4v) is 2.98. The first-order chi connectivity index (χ1) is 10.4. The van der Waals surface area contributed by atoms with E-state index in [-0.39, 0.29) is 12.4 Å². The van der Waals surface area contributed by atoms with Crippen LogP contribution < -0.4 is 4.74 Å². The maximum absolute atomic E-state index is 5.76. The van der Waals surface area contributed by atoms with Crippen LogP contribution in [0.3, 0.4) is 0 Å². The third-order valence-electron chi connectivity index (χ3n) is 4.22. The minimum atomic E-state index is 0. The summed E-state index contributed by atoms with van der Waals surface area (Å²) < 4.78 is 16.7. The standard InChI is InChI=1S/C17H25NO3.ClH/c1-2-15-4-5-17(14-16(15)3-1)21-13-12-20-11-8-18-6-9-19-10-7-18;/h4-5,14H,1-3,6-13H2;1H. The van der Waals surface area contributed by atoms with E-state index in [4.69, 9.17) is 14.2 Å². The van der Waals surface area contributed by atoms with Crippen LogP contribution in [0.1, 0.15) is 17.5 Å². The number of nitrogens with zero attached hydrogens (tertiary/aromatic N) is 1. The van der Waals surface area contributed by atoms with Crippen molar-refractivity contribution in [3.63, 3.8) is 0 Å². The minimum Gasteiger partial charge on any atom is -0.491 e. The summed E-state index contributed by atoms with van der Waals surface area (Å²) in [6, 6.07) is 6.48. The normalized spacial score (nSPS) is 17.8. The van der Waals surface area contributed by atoms with E-state index in [9.17, 15) is 0 Å². The molecule has 1 heterocycles. The van der Waals surface area contributed by atoms with Crippen molar-refractivity contribution in [2.45, 2.75) is 19.3 Å². The van der Waals surface area contributed by atoms with Crippen LogP contribution >= 0.6 is 12.4 Å². The number of rotatable bonds is 7. The molecule has 1 saturated heterocycles. The Morgan fingerprint density at radius 3 is 2.68 bits per heavy atom. The smallest absolute Gasteiger partial charge is 0.119 e. The number of benzene rings is 1. The Kier molecular flexibility index (Phi) is 7.46. The van der Waals surface area contributed by atoms with E-state index in [1.165, 1.54) is 30.4 Å². The second-order valence-electron chi connectivity index (χ2n) is 5.70. The molecule has 1 aliphatic carbocycles. The number of morpholine rings is 1. The van der Waals surface area contributed by atoms with Gasteiger partial charge in [0.1, 0.15) is 12.4 Å². The largest absolute Gasteiger partial charge is 0.491 e. The van der Waals surface area contributed by atoms with E-state index < -0.39 is 0 Å². The van der Waals surface area contributed by atoms with E-state index in [2.05, 4.69) is 23.1 Å². The predicted molar refractivity (Wildman–Crippen MR) is 89.3 cm³/mol. The molecule has 0 atom stereocenters. The molecule has 1 aromatic carbocycles. The van der Waals surface area contributed by atoms with Gasteiger partial charge in [0.15, 0.2) is 0 Å². The maximum atomic E-state index is 5.76. The lowest BCUT2D eigenvalue weighted by Crippen LogP contribution is -2.38. The van der Waals surface area contributed by atoms with Crippen molar-refractivity contribution in [1.29, 1.82) is 0 Å². The van der Waals surface area contributed by atoms with Gasteiger partial charge < -0.3 is 14.2 Å². The first-order valence-corrected chi connectivity index (χ1v) is 8.04. The lowest BCUT2D eigenvalue weighted by Gasteiger charge is -2.26. The van der Waals surface area contributed by atoms with E-state index >= 15 is 0 Å². The van der Waals surface area contributed by atoms with Gasteiger partial charge in [0.25, 0.3) is 0 Å². The van der Waals surface area contributed by atoms with Gasteiger partial charge in [0.2, 0.25) is 0 Å². The van der Waals surface area contributed by atoms with Gasteiger partial charge in [-0.2, -0.15) is 0 Å². The second kappa shape index (κ2) is 9.36. The fourth-order valence-electron chi connectivity index (χ4n) is 2.98. The summed E-state index contributed by atoms with van der Waals surface area (Å²) in [4.78, 5) is 2.38. The van der Waals surface area contributed by atoms with Crippen molar-refractivity contribution in [3.8, 4) is 5.75 Å². The van der Waals surface area contributed by atoms with Crippen molar-refractivity contribution >= 4 is 12.4 Å². The van der Waals surface area contributed by atoms with Crippen molar-refractivity contribution < 1.29 is 14.2 Å². The molecule has 0 aromatic heterocycles. The number of halogens is 1. The topological polar surface area (TPSA) is 30.9 Å². The Morgan fingerprint density at radius 1 is 1.00 bits per heavy atom. The number of hydrogen-bond acceptors (Lipinski definition) is 4. The van der Waals surface area contributed by atoms with E-state index in [0.29, 0.717) is 13.2 Å². The van der Waals surface area contributed by atoms with Gasteiger partial charge >= 0.3 is 0 Å². The van der Waals surface area contributed by atoms with Crippen LogP contribution in [0.4, 0.5) is 0 Å². The Morgan fingerprint density at radius 2 is 1.82 bits per heavy atom. The van der Waals surface area contributed by atoms with Crippen molar-refractivity contribution in [1.82, 2.24) is 4.90 Å². The number of aryl methyl sites for hydroxylation is 2. The number of hydrogen-bond donors (Lipinski definition) is 0. The molecule has 0 amide bonds. The summed E-state index contributed by atoms with van der Waals surface area (Å²) in [5.41, 5.74) is 2.95. The highest BCUT2D eigenvalue weighted by atomic mass is 35.5. The van der Waals surface area contributed by atoms with Gasteiger partial charge in [-0.05, 0) is 42.5 Å². The average Bonchev–Trinajstić information content (AvgIpc) is 2.99. The zero-order valence-corrected chi connectivity index (χ0v) is 13.9. The van der Waals surface area contributed by atoms with Crippen LogP contribution in [-0.4, -0.2) is 57.6 Å². The molecule has 5 heteroatoms. The highest BCUT2D eigenvalue weighted by molar-refractivity contribution is 5.85. The summed E-state index contributed by atoms with van der Waals surface area (Å²) in [6.07, 6.45) is 3.70. The lowest BCUT2D eigenvalue weighted by atomic mass is 10.1. The van der Waals surface area contributed by atoms with Crippen molar-refractivity contribution in [2.75, 3.05) is 52.7 Å². The molecular weight excluding hydrogens is 302 g/mol. The molecule has 4 nitrogen and oxygen atoms in total. The van der Waals surface area contributed by atoms with Gasteiger partial charge in [0.05, 0.1) is 26.4 Å². The third-order valence-corrected chi connectivity index (χ3v) is 4.22. The van der Waals surface area contributed by atoms with Gasteiger partial charge in [-0.25, -0.2) is 0 Å². The lowest BCUT2D eigenvalue weighted by molar-refractivity contribution is 0.0170. The molecule has 22 heavy (non-hydrogen) atoms. The van der Waals surface area contributed by atoms with Crippen LogP contribution in [0.2, 0.25) is 0 Å². The molecule has 1 aromatic rings. The van der Waals surface area contributed by atoms with Crippen LogP contribution in [0.15, 0.2) is 18.2 Å². The van der Waals surface area contributed by atoms with E-state index in [1.54, 1.807) is 0 Å². The van der Waals surface area contributed by atoms with Gasteiger partial charge in [-0.3, -0.25) is 4.90 Å². The molecule has 0 N–H and O–H groups in total. The van der Waals surface area contributed by atoms with Crippen LogP contribution in [0.25, 0.3) is 0 Å². The minimum absolute atomic E-state index is 0. The third kappa shape index (κ3) is 5.13. The molecule has 1 aliphatic heterocycles. The van der Waals surface area contributed by atoms with Crippen molar-refractivity contribution in [2.24, 2.45) is 0 Å². The molecule has 0 radical (unpaired) electrons. The summed E-state index contributed by atoms with van der Waals surface area (Å²) in [7, 11) is 0. The monoisotopic (exact) mass is 327 g/mol. The van der Waals surface area contributed by atoms with Gasteiger partial charge in [-0.15, -0.1) is 12.4 Å². The maximum Gasteiger partial charge on any atom is 0.119 e.